The van der Waals surface area contributed by atoms with E-state index in [0.717, 1.165) is 32.2 Å². The van der Waals surface area contributed by atoms with Crippen LogP contribution in [-0.4, -0.2) is 56.5 Å². The molecule has 1 saturated carbocycles. The summed E-state index contributed by atoms with van der Waals surface area (Å²) in [4.78, 5) is 2.53. The van der Waals surface area contributed by atoms with Crippen LogP contribution in [0, 0.1) is 0 Å². The largest absolute Gasteiger partial charge is 0.312 e. The van der Waals surface area contributed by atoms with Gasteiger partial charge in [-0.25, -0.2) is 8.42 Å². The molecule has 112 valence electrons. The molecule has 2 aliphatic rings. The molecule has 0 aromatic heterocycles. The number of rotatable bonds is 5. The van der Waals surface area contributed by atoms with E-state index in [2.05, 4.69) is 17.1 Å². The van der Waals surface area contributed by atoms with Crippen LogP contribution in [0.4, 0.5) is 0 Å². The van der Waals surface area contributed by atoms with Crippen LogP contribution in [0.15, 0.2) is 0 Å². The zero-order valence-electron chi connectivity index (χ0n) is 12.3. The van der Waals surface area contributed by atoms with E-state index in [9.17, 15) is 8.42 Å². The Labute approximate surface area is 117 Å². The number of hydrogen-bond acceptors (Lipinski definition) is 4. The standard InChI is InChI=1S/C14H28N2O2S/c1-12(16-8-3-4-9-16)11-15-13-6-5-7-14(10-13)19(2,17)18/h12-15H,3-11H2,1-2H3. The fraction of sp³-hybridized carbons (Fsp3) is 1.00. The van der Waals surface area contributed by atoms with Crippen molar-refractivity contribution in [3.05, 3.63) is 0 Å². The Morgan fingerprint density at radius 3 is 2.53 bits per heavy atom. The maximum absolute atomic E-state index is 11.6. The number of nitrogens with one attached hydrogen (secondary N) is 1. The molecule has 0 aromatic carbocycles. The molecule has 1 heterocycles. The highest BCUT2D eigenvalue weighted by atomic mass is 32.2. The monoisotopic (exact) mass is 288 g/mol. The van der Waals surface area contributed by atoms with Gasteiger partial charge in [0.1, 0.15) is 9.84 Å². The van der Waals surface area contributed by atoms with Crippen LogP contribution < -0.4 is 5.32 Å². The SMILES string of the molecule is CC(CNC1CCCC(S(C)(=O)=O)C1)N1CCCC1. The van der Waals surface area contributed by atoms with E-state index in [1.165, 1.54) is 32.2 Å². The Bertz CT molecular complexity index is 377. The Kier molecular flexibility index (Phi) is 5.26. The fourth-order valence-electron chi connectivity index (χ4n) is 3.37. The van der Waals surface area contributed by atoms with Gasteiger partial charge in [0.25, 0.3) is 0 Å². The second-order valence-corrected chi connectivity index (χ2v) is 8.64. The summed E-state index contributed by atoms with van der Waals surface area (Å²) >= 11 is 0. The molecule has 1 aliphatic heterocycles. The zero-order chi connectivity index (χ0) is 13.9. The Morgan fingerprint density at radius 1 is 1.21 bits per heavy atom. The quantitative estimate of drug-likeness (QED) is 0.831. The van der Waals surface area contributed by atoms with Gasteiger partial charge in [-0.05, 0) is 52.1 Å². The molecular weight excluding hydrogens is 260 g/mol. The molecule has 3 atom stereocenters. The smallest absolute Gasteiger partial charge is 0.150 e. The molecule has 3 unspecified atom stereocenters. The van der Waals surface area contributed by atoms with E-state index < -0.39 is 9.84 Å². The topological polar surface area (TPSA) is 49.4 Å². The van der Waals surface area contributed by atoms with Crippen molar-refractivity contribution in [1.82, 2.24) is 10.2 Å². The third-order valence-corrected chi connectivity index (χ3v) is 6.34. The second kappa shape index (κ2) is 6.55. The molecule has 4 nitrogen and oxygen atoms in total. The highest BCUT2D eigenvalue weighted by Crippen LogP contribution is 2.24. The summed E-state index contributed by atoms with van der Waals surface area (Å²) in [7, 11) is -2.86. The predicted molar refractivity (Wildman–Crippen MR) is 79.2 cm³/mol. The first-order chi connectivity index (χ1) is 8.97. The molecule has 1 aliphatic carbocycles. The van der Waals surface area contributed by atoms with Gasteiger partial charge in [-0.3, -0.25) is 4.90 Å². The lowest BCUT2D eigenvalue weighted by Crippen LogP contribution is -2.45. The van der Waals surface area contributed by atoms with Crippen LogP contribution in [0.1, 0.15) is 45.4 Å². The average molecular weight is 288 g/mol. The van der Waals surface area contributed by atoms with E-state index in [4.69, 9.17) is 0 Å². The van der Waals surface area contributed by atoms with Crippen molar-refractivity contribution < 1.29 is 8.42 Å². The minimum atomic E-state index is -2.86. The molecule has 0 radical (unpaired) electrons. The first kappa shape index (κ1) is 15.3. The van der Waals surface area contributed by atoms with E-state index in [1.807, 2.05) is 0 Å². The summed E-state index contributed by atoms with van der Waals surface area (Å²) in [5, 5.41) is 3.47. The molecule has 0 amide bonds. The molecule has 19 heavy (non-hydrogen) atoms. The van der Waals surface area contributed by atoms with Gasteiger partial charge in [0.05, 0.1) is 5.25 Å². The Hall–Kier alpha value is -0.130. The number of sulfone groups is 1. The Morgan fingerprint density at radius 2 is 1.89 bits per heavy atom. The summed E-state index contributed by atoms with van der Waals surface area (Å²) in [6.07, 6.45) is 7.83. The van der Waals surface area contributed by atoms with Crippen molar-refractivity contribution >= 4 is 9.84 Å². The molecule has 1 saturated heterocycles. The lowest BCUT2D eigenvalue weighted by atomic mass is 9.95. The van der Waals surface area contributed by atoms with E-state index in [0.29, 0.717) is 12.1 Å². The van der Waals surface area contributed by atoms with Crippen molar-refractivity contribution in [3.8, 4) is 0 Å². The van der Waals surface area contributed by atoms with Crippen LogP contribution in [0.3, 0.4) is 0 Å². The van der Waals surface area contributed by atoms with Crippen molar-refractivity contribution in [2.75, 3.05) is 25.9 Å². The fourth-order valence-corrected chi connectivity index (χ4v) is 4.54. The Balaban J connectivity index is 1.76. The van der Waals surface area contributed by atoms with Gasteiger partial charge in [0, 0.05) is 24.9 Å². The summed E-state index contributed by atoms with van der Waals surface area (Å²) in [6.45, 7) is 5.70. The highest BCUT2D eigenvalue weighted by molar-refractivity contribution is 7.91. The van der Waals surface area contributed by atoms with E-state index in [-0.39, 0.29) is 5.25 Å². The van der Waals surface area contributed by atoms with Crippen LogP contribution >= 0.6 is 0 Å². The van der Waals surface area contributed by atoms with Crippen molar-refractivity contribution in [2.45, 2.75) is 62.8 Å². The predicted octanol–water partition coefficient (Wildman–Crippen LogP) is 1.42. The second-order valence-electron chi connectivity index (χ2n) is 6.32. The van der Waals surface area contributed by atoms with Crippen LogP contribution in [0.2, 0.25) is 0 Å². The molecular formula is C14H28N2O2S. The molecule has 0 spiro atoms. The van der Waals surface area contributed by atoms with Crippen molar-refractivity contribution in [3.63, 3.8) is 0 Å². The molecule has 0 aromatic rings. The van der Waals surface area contributed by atoms with Gasteiger partial charge in [-0.1, -0.05) is 6.42 Å². The summed E-state index contributed by atoms with van der Waals surface area (Å²) in [5.41, 5.74) is 0. The number of hydrogen-bond donors (Lipinski definition) is 1. The molecule has 2 rings (SSSR count). The third-order valence-electron chi connectivity index (χ3n) is 4.70. The van der Waals surface area contributed by atoms with E-state index >= 15 is 0 Å². The van der Waals surface area contributed by atoms with Gasteiger partial charge >= 0.3 is 0 Å². The number of likely N-dealkylation sites (tertiary alicyclic amines) is 1. The molecule has 0 bridgehead atoms. The van der Waals surface area contributed by atoms with Gasteiger partial charge in [-0.2, -0.15) is 0 Å². The van der Waals surface area contributed by atoms with E-state index in [1.54, 1.807) is 0 Å². The minimum absolute atomic E-state index is 0.124. The third kappa shape index (κ3) is 4.43. The van der Waals surface area contributed by atoms with Gasteiger partial charge < -0.3 is 5.32 Å². The lowest BCUT2D eigenvalue weighted by Gasteiger charge is -2.31. The maximum atomic E-state index is 11.6. The normalized spacial score (nSPS) is 31.5. The summed E-state index contributed by atoms with van der Waals surface area (Å²) in [5.74, 6) is 0. The van der Waals surface area contributed by atoms with Gasteiger partial charge in [-0.15, -0.1) is 0 Å². The van der Waals surface area contributed by atoms with Gasteiger partial charge in [0.2, 0.25) is 0 Å². The maximum Gasteiger partial charge on any atom is 0.150 e. The zero-order valence-corrected chi connectivity index (χ0v) is 13.1. The summed E-state index contributed by atoms with van der Waals surface area (Å²) in [6, 6.07) is 0.958. The van der Waals surface area contributed by atoms with Crippen LogP contribution in [-0.2, 0) is 9.84 Å². The summed E-state index contributed by atoms with van der Waals surface area (Å²) < 4.78 is 23.3. The lowest BCUT2D eigenvalue weighted by molar-refractivity contribution is 0.238. The van der Waals surface area contributed by atoms with Crippen LogP contribution in [0.5, 0.6) is 0 Å². The molecule has 1 N–H and O–H groups in total. The minimum Gasteiger partial charge on any atom is -0.312 e. The highest BCUT2D eigenvalue weighted by Gasteiger charge is 2.29. The van der Waals surface area contributed by atoms with Crippen molar-refractivity contribution in [2.24, 2.45) is 0 Å². The number of nitrogens with zero attached hydrogens (tertiary/aromatic N) is 1. The molecule has 5 heteroatoms. The molecule has 2 fully saturated rings. The van der Waals surface area contributed by atoms with Crippen molar-refractivity contribution in [1.29, 1.82) is 0 Å². The average Bonchev–Trinajstić information content (AvgIpc) is 2.89. The first-order valence-electron chi connectivity index (χ1n) is 7.63. The van der Waals surface area contributed by atoms with Crippen LogP contribution in [0.25, 0.3) is 0 Å². The first-order valence-corrected chi connectivity index (χ1v) is 9.58. The van der Waals surface area contributed by atoms with Gasteiger partial charge in [0.15, 0.2) is 0 Å².